The summed E-state index contributed by atoms with van der Waals surface area (Å²) in [6.45, 7) is 2.32. The van der Waals surface area contributed by atoms with Gasteiger partial charge in [-0.05, 0) is 41.1 Å². The van der Waals surface area contributed by atoms with Gasteiger partial charge in [0.25, 0.3) is 0 Å². The summed E-state index contributed by atoms with van der Waals surface area (Å²) < 4.78 is 2.58. The fraction of sp³-hybridized carbons (Fsp3) is 0.111. The quantitative estimate of drug-likeness (QED) is 0.589. The van der Waals surface area contributed by atoms with Crippen LogP contribution in [0.25, 0.3) is 5.69 Å². The number of rotatable bonds is 5. The highest BCUT2D eigenvalue weighted by Gasteiger charge is 2.11. The first-order valence-corrected chi connectivity index (χ1v) is 8.94. The van der Waals surface area contributed by atoms with E-state index in [1.54, 1.807) is 0 Å². The topological polar surface area (TPSA) is 77.6 Å². The van der Waals surface area contributed by atoms with Crippen LogP contribution in [0.5, 0.6) is 0 Å². The number of benzene rings is 2. The SMILES string of the molecule is Cc1ccccc1Nc1nc(Cn2nnn(-c3ccccc3)c2=O)cs1. The molecule has 0 saturated heterocycles. The normalized spacial score (nSPS) is 10.8. The first-order chi connectivity index (χ1) is 12.7. The standard InChI is InChI=1S/C18H16N6OS/c1-13-7-5-6-10-16(13)20-17-19-14(12-26-17)11-23-18(25)24(22-21-23)15-8-3-2-4-9-15/h2-10,12H,11H2,1H3,(H,19,20). The van der Waals surface area contributed by atoms with Gasteiger partial charge in [0, 0.05) is 11.1 Å². The number of para-hydroxylation sites is 2. The van der Waals surface area contributed by atoms with Crippen LogP contribution in [0.1, 0.15) is 11.3 Å². The Balaban J connectivity index is 1.53. The molecule has 4 aromatic rings. The molecule has 0 unspecified atom stereocenters. The van der Waals surface area contributed by atoms with Crippen molar-refractivity contribution < 1.29 is 0 Å². The van der Waals surface area contributed by atoms with E-state index in [1.807, 2.05) is 66.9 Å². The van der Waals surface area contributed by atoms with Crippen LogP contribution in [0.2, 0.25) is 0 Å². The lowest BCUT2D eigenvalue weighted by molar-refractivity contribution is 0.624. The van der Waals surface area contributed by atoms with Gasteiger partial charge in [0.15, 0.2) is 5.13 Å². The van der Waals surface area contributed by atoms with Crippen LogP contribution in [0.15, 0.2) is 64.8 Å². The minimum Gasteiger partial charge on any atom is -0.331 e. The second-order valence-electron chi connectivity index (χ2n) is 5.75. The molecule has 2 heterocycles. The maximum absolute atomic E-state index is 12.5. The number of tetrazole rings is 1. The summed E-state index contributed by atoms with van der Waals surface area (Å²) in [5.74, 6) is 0. The first-order valence-electron chi connectivity index (χ1n) is 8.06. The Morgan fingerprint density at radius 1 is 1.04 bits per heavy atom. The first kappa shape index (κ1) is 16.2. The number of anilines is 2. The molecule has 8 heteroatoms. The molecule has 0 spiro atoms. The van der Waals surface area contributed by atoms with Crippen LogP contribution < -0.4 is 11.0 Å². The Morgan fingerprint density at radius 3 is 2.62 bits per heavy atom. The van der Waals surface area contributed by atoms with Crippen molar-refractivity contribution in [2.24, 2.45) is 0 Å². The molecule has 2 aromatic carbocycles. The molecule has 0 aliphatic carbocycles. The molecule has 0 radical (unpaired) electrons. The van der Waals surface area contributed by atoms with Crippen LogP contribution in [0, 0.1) is 6.92 Å². The van der Waals surface area contributed by atoms with E-state index >= 15 is 0 Å². The van der Waals surface area contributed by atoms with Crippen molar-refractivity contribution in [3.05, 3.63) is 81.7 Å². The van der Waals surface area contributed by atoms with Crippen LogP contribution in [-0.4, -0.2) is 24.8 Å². The highest BCUT2D eigenvalue weighted by atomic mass is 32.1. The number of thiazole rings is 1. The molecule has 130 valence electrons. The van der Waals surface area contributed by atoms with Gasteiger partial charge in [-0.3, -0.25) is 0 Å². The summed E-state index contributed by atoms with van der Waals surface area (Å²) in [6.07, 6.45) is 0. The van der Waals surface area contributed by atoms with Crippen molar-refractivity contribution in [3.63, 3.8) is 0 Å². The summed E-state index contributed by atoms with van der Waals surface area (Å²) in [4.78, 5) is 17.0. The molecule has 0 aliphatic rings. The van der Waals surface area contributed by atoms with Gasteiger partial charge < -0.3 is 5.32 Å². The van der Waals surface area contributed by atoms with E-state index in [1.165, 1.54) is 20.7 Å². The second kappa shape index (κ2) is 6.93. The van der Waals surface area contributed by atoms with Crippen molar-refractivity contribution in [1.29, 1.82) is 0 Å². The maximum Gasteiger partial charge on any atom is 0.368 e. The zero-order valence-corrected chi connectivity index (χ0v) is 14.8. The van der Waals surface area contributed by atoms with Crippen molar-refractivity contribution in [3.8, 4) is 5.69 Å². The van der Waals surface area contributed by atoms with E-state index in [2.05, 4.69) is 20.7 Å². The van der Waals surface area contributed by atoms with Crippen LogP contribution >= 0.6 is 11.3 Å². The molecule has 0 atom stereocenters. The fourth-order valence-electron chi connectivity index (χ4n) is 2.52. The largest absolute Gasteiger partial charge is 0.368 e. The van der Waals surface area contributed by atoms with Gasteiger partial charge in [-0.1, -0.05) is 36.4 Å². The van der Waals surface area contributed by atoms with Crippen molar-refractivity contribution >= 4 is 22.2 Å². The third-order valence-corrected chi connectivity index (χ3v) is 4.70. The second-order valence-corrected chi connectivity index (χ2v) is 6.61. The fourth-order valence-corrected chi connectivity index (χ4v) is 3.24. The smallest absolute Gasteiger partial charge is 0.331 e. The zero-order valence-electron chi connectivity index (χ0n) is 14.0. The number of aromatic nitrogens is 5. The molecular weight excluding hydrogens is 348 g/mol. The Labute approximate surface area is 153 Å². The van der Waals surface area contributed by atoms with Gasteiger partial charge in [-0.15, -0.1) is 11.3 Å². The third-order valence-electron chi connectivity index (χ3n) is 3.89. The molecule has 1 N–H and O–H groups in total. The van der Waals surface area contributed by atoms with E-state index in [9.17, 15) is 4.79 Å². The molecule has 0 amide bonds. The number of nitrogens with zero attached hydrogens (tertiary/aromatic N) is 5. The van der Waals surface area contributed by atoms with Crippen molar-refractivity contribution in [1.82, 2.24) is 24.8 Å². The summed E-state index contributed by atoms with van der Waals surface area (Å²) in [5.41, 5.74) is 3.31. The Kier molecular flexibility index (Phi) is 4.32. The third kappa shape index (κ3) is 3.27. The molecule has 0 saturated carbocycles. The Morgan fingerprint density at radius 2 is 1.81 bits per heavy atom. The number of hydrogen-bond donors (Lipinski definition) is 1. The van der Waals surface area contributed by atoms with Crippen LogP contribution in [0.4, 0.5) is 10.8 Å². The summed E-state index contributed by atoms with van der Waals surface area (Å²) in [5, 5.41) is 13.9. The van der Waals surface area contributed by atoms with Crippen LogP contribution in [0.3, 0.4) is 0 Å². The van der Waals surface area contributed by atoms with Gasteiger partial charge in [0.05, 0.1) is 17.9 Å². The van der Waals surface area contributed by atoms with Gasteiger partial charge in [0.1, 0.15) is 0 Å². The summed E-state index contributed by atoms with van der Waals surface area (Å²) >= 11 is 1.49. The molecule has 0 bridgehead atoms. The average molecular weight is 364 g/mol. The molecule has 2 aromatic heterocycles. The van der Waals surface area contributed by atoms with Gasteiger partial charge in [-0.25, -0.2) is 9.78 Å². The monoisotopic (exact) mass is 364 g/mol. The number of hydrogen-bond acceptors (Lipinski definition) is 6. The molecule has 4 rings (SSSR count). The molecule has 0 fully saturated rings. The highest BCUT2D eigenvalue weighted by molar-refractivity contribution is 7.13. The number of nitrogens with one attached hydrogen (secondary N) is 1. The minimum atomic E-state index is -0.294. The number of aryl methyl sites for hydroxylation is 1. The van der Waals surface area contributed by atoms with Gasteiger partial charge in [0.2, 0.25) is 0 Å². The average Bonchev–Trinajstić information content (AvgIpc) is 3.25. The Hall–Kier alpha value is -3.26. The molecular formula is C18H16N6OS. The van der Waals surface area contributed by atoms with Crippen LogP contribution in [-0.2, 0) is 6.54 Å². The van der Waals surface area contributed by atoms with E-state index < -0.39 is 0 Å². The van der Waals surface area contributed by atoms with Crippen molar-refractivity contribution in [2.75, 3.05) is 5.32 Å². The van der Waals surface area contributed by atoms with E-state index in [0.717, 1.165) is 22.1 Å². The minimum absolute atomic E-state index is 0.275. The van der Waals surface area contributed by atoms with E-state index in [4.69, 9.17) is 0 Å². The molecule has 26 heavy (non-hydrogen) atoms. The van der Waals surface area contributed by atoms with Gasteiger partial charge in [-0.2, -0.15) is 9.36 Å². The summed E-state index contributed by atoms with van der Waals surface area (Å²) in [7, 11) is 0. The summed E-state index contributed by atoms with van der Waals surface area (Å²) in [6, 6.07) is 17.2. The van der Waals surface area contributed by atoms with E-state index in [-0.39, 0.29) is 12.2 Å². The van der Waals surface area contributed by atoms with E-state index in [0.29, 0.717) is 5.69 Å². The van der Waals surface area contributed by atoms with Crippen molar-refractivity contribution in [2.45, 2.75) is 13.5 Å². The lowest BCUT2D eigenvalue weighted by atomic mass is 10.2. The lowest BCUT2D eigenvalue weighted by Crippen LogP contribution is -2.24. The predicted octanol–water partition coefficient (Wildman–Crippen LogP) is 2.99. The van der Waals surface area contributed by atoms with Gasteiger partial charge >= 0.3 is 5.69 Å². The predicted molar refractivity (Wildman–Crippen MR) is 101 cm³/mol. The molecule has 7 nitrogen and oxygen atoms in total. The molecule has 0 aliphatic heterocycles. The maximum atomic E-state index is 12.5. The zero-order chi connectivity index (χ0) is 17.9. The Bertz CT molecular complexity index is 1080. The lowest BCUT2D eigenvalue weighted by Gasteiger charge is -2.05. The highest BCUT2D eigenvalue weighted by Crippen LogP contribution is 2.23.